The van der Waals surface area contributed by atoms with Crippen molar-refractivity contribution in [2.75, 3.05) is 6.61 Å². The van der Waals surface area contributed by atoms with Crippen LogP contribution in [0.15, 0.2) is 11.1 Å². The van der Waals surface area contributed by atoms with Crippen molar-refractivity contribution in [2.45, 2.75) is 26.4 Å². The van der Waals surface area contributed by atoms with Gasteiger partial charge in [-0.15, -0.1) is 0 Å². The van der Waals surface area contributed by atoms with Crippen molar-refractivity contribution in [3.8, 4) is 0 Å². The number of aliphatic carboxylic acids is 1. The van der Waals surface area contributed by atoms with Gasteiger partial charge in [0.15, 0.2) is 0 Å². The lowest BCUT2D eigenvalue weighted by Crippen LogP contribution is -2.13. The summed E-state index contributed by atoms with van der Waals surface area (Å²) < 4.78 is 0. The molecule has 1 atom stereocenters. The zero-order valence-electron chi connectivity index (χ0n) is 7.24. The molecule has 70 valence electrons. The normalized spacial score (nSPS) is 15.3. The van der Waals surface area contributed by atoms with Crippen molar-refractivity contribution in [3.05, 3.63) is 11.1 Å². The number of aliphatic hydroxyl groups excluding tert-OH is 2. The number of carboxylic acids is 1. The molecule has 12 heavy (non-hydrogen) atoms. The summed E-state index contributed by atoms with van der Waals surface area (Å²) in [6.45, 7) is 2.76. The molecule has 0 saturated heterocycles. The highest BCUT2D eigenvalue weighted by atomic mass is 16.4. The molecule has 0 amide bonds. The van der Waals surface area contributed by atoms with Crippen LogP contribution in [0, 0.1) is 0 Å². The minimum Gasteiger partial charge on any atom is -0.478 e. The van der Waals surface area contributed by atoms with E-state index in [0.717, 1.165) is 0 Å². The fourth-order valence-electron chi connectivity index (χ4n) is 0.754. The Morgan fingerprint density at radius 3 is 2.25 bits per heavy atom. The second-order valence-electron chi connectivity index (χ2n) is 2.75. The van der Waals surface area contributed by atoms with E-state index in [1.54, 1.807) is 6.92 Å². The first kappa shape index (κ1) is 11.1. The third kappa shape index (κ3) is 3.50. The summed E-state index contributed by atoms with van der Waals surface area (Å²) in [6.07, 6.45) is -0.659. The Morgan fingerprint density at radius 1 is 1.42 bits per heavy atom. The summed E-state index contributed by atoms with van der Waals surface area (Å²) >= 11 is 0. The first-order valence-corrected chi connectivity index (χ1v) is 3.67. The number of aliphatic hydroxyl groups is 2. The van der Waals surface area contributed by atoms with Crippen molar-refractivity contribution in [3.63, 3.8) is 0 Å². The molecule has 0 aliphatic rings. The van der Waals surface area contributed by atoms with E-state index in [-0.39, 0.29) is 18.6 Å². The lowest BCUT2D eigenvalue weighted by Gasteiger charge is -2.08. The van der Waals surface area contributed by atoms with Gasteiger partial charge in [-0.25, -0.2) is 4.79 Å². The van der Waals surface area contributed by atoms with Gasteiger partial charge in [-0.3, -0.25) is 0 Å². The second kappa shape index (κ2) is 4.90. The molecule has 0 fully saturated rings. The minimum absolute atomic E-state index is 0.203. The predicted molar refractivity (Wildman–Crippen MR) is 43.7 cm³/mol. The maximum atomic E-state index is 10.4. The molecule has 4 nitrogen and oxygen atoms in total. The van der Waals surface area contributed by atoms with E-state index < -0.39 is 12.1 Å². The van der Waals surface area contributed by atoms with Crippen LogP contribution in [0.5, 0.6) is 0 Å². The first-order chi connectivity index (χ1) is 5.49. The average molecular weight is 174 g/mol. The molecule has 0 bridgehead atoms. The fourth-order valence-corrected chi connectivity index (χ4v) is 0.754. The predicted octanol–water partition coefficient (Wildman–Crippen LogP) is 0.151. The van der Waals surface area contributed by atoms with Crippen molar-refractivity contribution in [1.29, 1.82) is 0 Å². The molecule has 0 aromatic heterocycles. The maximum Gasteiger partial charge on any atom is 0.331 e. The van der Waals surface area contributed by atoms with Crippen LogP contribution in [0.25, 0.3) is 0 Å². The Hall–Kier alpha value is -0.870. The Kier molecular flexibility index (Phi) is 4.54. The van der Waals surface area contributed by atoms with Crippen molar-refractivity contribution in [1.82, 2.24) is 0 Å². The molecular weight excluding hydrogens is 160 g/mol. The van der Waals surface area contributed by atoms with Crippen molar-refractivity contribution < 1.29 is 20.1 Å². The molecule has 0 heterocycles. The van der Waals surface area contributed by atoms with Gasteiger partial charge in [0.05, 0.1) is 12.7 Å². The van der Waals surface area contributed by atoms with Gasteiger partial charge < -0.3 is 15.3 Å². The smallest absolute Gasteiger partial charge is 0.331 e. The molecule has 0 radical (unpaired) electrons. The monoisotopic (exact) mass is 174 g/mol. The maximum absolute atomic E-state index is 10.4. The number of hydrogen-bond acceptors (Lipinski definition) is 3. The third-order valence-corrected chi connectivity index (χ3v) is 1.71. The largest absolute Gasteiger partial charge is 0.478 e. The summed E-state index contributed by atoms with van der Waals surface area (Å²) in [7, 11) is 0. The van der Waals surface area contributed by atoms with Gasteiger partial charge in [-0.2, -0.15) is 0 Å². The number of carbonyl (C=O) groups is 1. The lowest BCUT2D eigenvalue weighted by atomic mass is 10.1. The molecule has 0 aliphatic carbocycles. The van der Waals surface area contributed by atoms with Crippen LogP contribution in [-0.4, -0.2) is 34.0 Å². The summed E-state index contributed by atoms with van der Waals surface area (Å²) in [5, 5.41) is 26.0. The Labute approximate surface area is 71.1 Å². The van der Waals surface area contributed by atoms with Crippen LogP contribution in [0.2, 0.25) is 0 Å². The van der Waals surface area contributed by atoms with Crippen LogP contribution < -0.4 is 0 Å². The first-order valence-electron chi connectivity index (χ1n) is 3.67. The van der Waals surface area contributed by atoms with E-state index in [4.69, 9.17) is 15.3 Å². The zero-order chi connectivity index (χ0) is 9.72. The number of hydrogen-bond donors (Lipinski definition) is 3. The van der Waals surface area contributed by atoms with Gasteiger partial charge in [0.1, 0.15) is 0 Å². The van der Waals surface area contributed by atoms with E-state index in [0.29, 0.717) is 5.57 Å². The zero-order valence-corrected chi connectivity index (χ0v) is 7.24. The Bertz CT molecular complexity index is 195. The third-order valence-electron chi connectivity index (χ3n) is 1.71. The van der Waals surface area contributed by atoms with Gasteiger partial charge >= 0.3 is 5.97 Å². The molecule has 4 heteroatoms. The molecule has 0 saturated carbocycles. The van der Waals surface area contributed by atoms with E-state index in [1.807, 2.05) is 0 Å². The van der Waals surface area contributed by atoms with Gasteiger partial charge in [-0.1, -0.05) is 5.57 Å². The Balaban J connectivity index is 4.26. The van der Waals surface area contributed by atoms with Gasteiger partial charge in [0.25, 0.3) is 0 Å². The van der Waals surface area contributed by atoms with E-state index in [1.165, 1.54) is 6.92 Å². The van der Waals surface area contributed by atoms with Gasteiger partial charge in [0, 0.05) is 5.57 Å². The summed E-state index contributed by atoms with van der Waals surface area (Å²) in [4.78, 5) is 10.4. The Morgan fingerprint density at radius 2 is 1.92 bits per heavy atom. The molecule has 1 unspecified atom stereocenters. The SMILES string of the molecule is CC(CC(O)CO)=C(C)C(=O)O. The number of carboxylic acid groups (broad SMARTS) is 1. The minimum atomic E-state index is -0.988. The highest BCUT2D eigenvalue weighted by Gasteiger charge is 2.09. The summed E-state index contributed by atoms with van der Waals surface area (Å²) in [6, 6.07) is 0. The highest BCUT2D eigenvalue weighted by molar-refractivity contribution is 5.86. The lowest BCUT2D eigenvalue weighted by molar-refractivity contribution is -0.132. The van der Waals surface area contributed by atoms with Crippen LogP contribution in [-0.2, 0) is 4.79 Å². The van der Waals surface area contributed by atoms with Crippen molar-refractivity contribution >= 4 is 5.97 Å². The quantitative estimate of drug-likeness (QED) is 0.530. The molecule has 0 spiro atoms. The second-order valence-corrected chi connectivity index (χ2v) is 2.75. The van der Waals surface area contributed by atoms with E-state index >= 15 is 0 Å². The average Bonchev–Trinajstić information content (AvgIpc) is 2.02. The summed E-state index contributed by atoms with van der Waals surface area (Å²) in [5.74, 6) is -0.988. The molecule has 3 N–H and O–H groups in total. The van der Waals surface area contributed by atoms with Crippen molar-refractivity contribution in [2.24, 2.45) is 0 Å². The molecule has 0 aliphatic heterocycles. The topological polar surface area (TPSA) is 77.8 Å². The summed E-state index contributed by atoms with van der Waals surface area (Å²) in [5.41, 5.74) is 0.812. The highest BCUT2D eigenvalue weighted by Crippen LogP contribution is 2.10. The standard InChI is InChI=1S/C8H14O4/c1-5(3-7(10)4-9)6(2)8(11)12/h7,9-10H,3-4H2,1-2H3,(H,11,12). The molecule has 0 rings (SSSR count). The van der Waals surface area contributed by atoms with Crippen LogP contribution in [0.4, 0.5) is 0 Å². The molecule has 0 aromatic rings. The van der Waals surface area contributed by atoms with E-state index in [2.05, 4.69) is 0 Å². The number of rotatable bonds is 4. The molecular formula is C8H14O4. The van der Waals surface area contributed by atoms with Crippen LogP contribution in [0.3, 0.4) is 0 Å². The van der Waals surface area contributed by atoms with E-state index in [9.17, 15) is 4.79 Å². The van der Waals surface area contributed by atoms with Crippen LogP contribution >= 0.6 is 0 Å². The van der Waals surface area contributed by atoms with Crippen LogP contribution in [0.1, 0.15) is 20.3 Å². The fraction of sp³-hybridized carbons (Fsp3) is 0.625. The molecule has 0 aromatic carbocycles. The van der Waals surface area contributed by atoms with Gasteiger partial charge in [-0.05, 0) is 20.3 Å². The van der Waals surface area contributed by atoms with Gasteiger partial charge in [0.2, 0.25) is 0 Å².